The van der Waals surface area contributed by atoms with Gasteiger partial charge in [0.25, 0.3) is 0 Å². The van der Waals surface area contributed by atoms with Crippen molar-refractivity contribution in [3.63, 3.8) is 0 Å². The molecule has 0 unspecified atom stereocenters. The summed E-state index contributed by atoms with van der Waals surface area (Å²) in [7, 11) is -3.58. The van der Waals surface area contributed by atoms with Crippen molar-refractivity contribution in [1.29, 1.82) is 0 Å². The number of aliphatic hydroxyl groups is 1. The summed E-state index contributed by atoms with van der Waals surface area (Å²) in [6.07, 6.45) is 3.15. The number of halogens is 2. The highest BCUT2D eigenvalue weighted by Gasteiger charge is 2.23. The van der Waals surface area contributed by atoms with Crippen molar-refractivity contribution in [2.45, 2.75) is 29.5 Å². The van der Waals surface area contributed by atoms with Gasteiger partial charge in [-0.15, -0.1) is 11.3 Å². The zero-order valence-electron chi connectivity index (χ0n) is 11.4. The zero-order chi connectivity index (χ0) is 15.5. The molecule has 0 amide bonds. The summed E-state index contributed by atoms with van der Waals surface area (Å²) in [6.45, 7) is 1.88. The third kappa shape index (κ3) is 4.54. The molecule has 0 aromatic carbocycles. The quantitative estimate of drug-likeness (QED) is 0.802. The normalized spacial score (nSPS) is 20.8. The maximum Gasteiger partial charge on any atom is 0.250 e. The Morgan fingerprint density at radius 1 is 1.43 bits per heavy atom. The van der Waals surface area contributed by atoms with Gasteiger partial charge in [0.1, 0.15) is 8.55 Å². The van der Waals surface area contributed by atoms with Gasteiger partial charge in [-0.3, -0.25) is 4.90 Å². The number of hydrogen-bond donors (Lipinski definition) is 2. The van der Waals surface area contributed by atoms with Crippen LogP contribution in [0.25, 0.3) is 0 Å². The molecular weight excluding hydrogens is 355 g/mol. The van der Waals surface area contributed by atoms with Crippen LogP contribution < -0.4 is 4.72 Å². The first-order chi connectivity index (χ1) is 9.94. The van der Waals surface area contributed by atoms with E-state index in [1.165, 1.54) is 6.07 Å². The fourth-order valence-corrected chi connectivity index (χ4v) is 5.36. The van der Waals surface area contributed by atoms with E-state index in [1.54, 1.807) is 0 Å². The molecule has 120 valence electrons. The Bertz CT molecular complexity index is 558. The number of piperidine rings is 1. The third-order valence-electron chi connectivity index (χ3n) is 3.54. The number of rotatable bonds is 6. The van der Waals surface area contributed by atoms with Crippen molar-refractivity contribution >= 4 is 44.6 Å². The molecule has 2 N–H and O–H groups in total. The van der Waals surface area contributed by atoms with Gasteiger partial charge in [-0.1, -0.05) is 29.6 Å². The molecule has 0 bridgehead atoms. The number of sulfonamides is 1. The second kappa shape index (κ2) is 7.59. The monoisotopic (exact) mass is 372 g/mol. The lowest BCUT2D eigenvalue weighted by Gasteiger charge is -2.34. The average molecular weight is 373 g/mol. The molecule has 1 atom stereocenters. The maximum absolute atomic E-state index is 12.1. The Kier molecular flexibility index (Phi) is 6.31. The van der Waals surface area contributed by atoms with Crippen molar-refractivity contribution in [3.05, 3.63) is 15.4 Å². The van der Waals surface area contributed by atoms with Crippen LogP contribution in [-0.2, 0) is 10.0 Å². The fourth-order valence-electron chi connectivity index (χ4n) is 2.42. The molecule has 0 saturated carbocycles. The summed E-state index contributed by atoms with van der Waals surface area (Å²) < 4.78 is 27.2. The molecule has 1 aliphatic heterocycles. The van der Waals surface area contributed by atoms with Gasteiger partial charge in [0.2, 0.25) is 10.0 Å². The summed E-state index contributed by atoms with van der Waals surface area (Å²) in [5.41, 5.74) is 0. The highest BCUT2D eigenvalue weighted by Crippen LogP contribution is 2.34. The minimum atomic E-state index is -3.58. The van der Waals surface area contributed by atoms with Crippen molar-refractivity contribution < 1.29 is 13.5 Å². The van der Waals surface area contributed by atoms with E-state index in [2.05, 4.69) is 9.62 Å². The lowest BCUT2D eigenvalue weighted by atomic mass is 10.0. The van der Waals surface area contributed by atoms with E-state index in [4.69, 9.17) is 23.2 Å². The topological polar surface area (TPSA) is 69.6 Å². The summed E-state index contributed by atoms with van der Waals surface area (Å²) in [4.78, 5) is 2.13. The Labute approximate surface area is 138 Å². The summed E-state index contributed by atoms with van der Waals surface area (Å²) >= 11 is 12.5. The molecule has 2 rings (SSSR count). The van der Waals surface area contributed by atoms with Crippen molar-refractivity contribution in [3.8, 4) is 0 Å². The van der Waals surface area contributed by atoms with Gasteiger partial charge in [-0.2, -0.15) is 0 Å². The van der Waals surface area contributed by atoms with Gasteiger partial charge >= 0.3 is 0 Å². The average Bonchev–Trinajstić information content (AvgIpc) is 2.80. The summed E-state index contributed by atoms with van der Waals surface area (Å²) in [5.74, 6) is 0. The van der Waals surface area contributed by atoms with Gasteiger partial charge in [-0.05, 0) is 25.5 Å². The Balaban J connectivity index is 1.90. The number of nitrogens with zero attached hydrogens (tertiary/aromatic N) is 1. The molecule has 1 fully saturated rings. The van der Waals surface area contributed by atoms with Crippen molar-refractivity contribution in [2.75, 3.05) is 26.2 Å². The molecule has 1 aliphatic rings. The van der Waals surface area contributed by atoms with Crippen LogP contribution >= 0.6 is 34.5 Å². The lowest BCUT2D eigenvalue weighted by Crippen LogP contribution is -2.45. The van der Waals surface area contributed by atoms with Crippen LogP contribution in [0.2, 0.25) is 9.36 Å². The smallest absolute Gasteiger partial charge is 0.250 e. The molecule has 1 aromatic rings. The van der Waals surface area contributed by atoms with Gasteiger partial charge in [-0.25, -0.2) is 13.1 Å². The Morgan fingerprint density at radius 2 is 2.19 bits per heavy atom. The van der Waals surface area contributed by atoms with E-state index < -0.39 is 10.0 Å². The highest BCUT2D eigenvalue weighted by molar-refractivity contribution is 7.91. The van der Waals surface area contributed by atoms with Gasteiger partial charge in [0.05, 0.1) is 11.6 Å². The van der Waals surface area contributed by atoms with E-state index in [-0.39, 0.29) is 26.2 Å². The van der Waals surface area contributed by atoms with Crippen molar-refractivity contribution in [1.82, 2.24) is 9.62 Å². The molecule has 5 nitrogen and oxygen atoms in total. The third-order valence-corrected chi connectivity index (χ3v) is 7.34. The first kappa shape index (κ1) is 17.5. The van der Waals surface area contributed by atoms with E-state index in [0.29, 0.717) is 13.1 Å². The van der Waals surface area contributed by atoms with Crippen LogP contribution in [-0.4, -0.2) is 50.7 Å². The second-order valence-corrected chi connectivity index (χ2v) is 9.01. The first-order valence-electron chi connectivity index (χ1n) is 6.73. The molecule has 1 saturated heterocycles. The number of likely N-dealkylation sites (tertiary alicyclic amines) is 1. The van der Waals surface area contributed by atoms with E-state index in [9.17, 15) is 13.5 Å². The minimum absolute atomic E-state index is 0.114. The van der Waals surface area contributed by atoms with Crippen LogP contribution in [0.1, 0.15) is 19.3 Å². The molecular formula is C12H18Cl2N2O3S2. The largest absolute Gasteiger partial charge is 0.395 e. The predicted octanol–water partition coefficient (Wildman–Crippen LogP) is 2.18. The Hall–Kier alpha value is 0.110. The van der Waals surface area contributed by atoms with Crippen LogP contribution in [0.5, 0.6) is 0 Å². The molecule has 1 aromatic heterocycles. The van der Waals surface area contributed by atoms with E-state index >= 15 is 0 Å². The fraction of sp³-hybridized carbons (Fsp3) is 0.667. The van der Waals surface area contributed by atoms with Crippen LogP contribution in [0.15, 0.2) is 10.3 Å². The van der Waals surface area contributed by atoms with E-state index in [1.807, 2.05) is 0 Å². The maximum atomic E-state index is 12.1. The molecule has 21 heavy (non-hydrogen) atoms. The SMILES string of the molecule is O=S(=O)(NCCN1CCCC[C@@H]1CO)c1cc(Cl)c(Cl)s1. The lowest BCUT2D eigenvalue weighted by molar-refractivity contribution is 0.0923. The molecule has 0 aliphatic carbocycles. The van der Waals surface area contributed by atoms with Gasteiger partial charge in [0, 0.05) is 19.1 Å². The number of aliphatic hydroxyl groups excluding tert-OH is 1. The molecule has 2 heterocycles. The molecule has 9 heteroatoms. The minimum Gasteiger partial charge on any atom is -0.395 e. The Morgan fingerprint density at radius 3 is 2.81 bits per heavy atom. The van der Waals surface area contributed by atoms with Crippen molar-refractivity contribution in [2.24, 2.45) is 0 Å². The van der Waals surface area contributed by atoms with Gasteiger partial charge in [0.15, 0.2) is 0 Å². The van der Waals surface area contributed by atoms with E-state index in [0.717, 1.165) is 37.1 Å². The number of thiophene rings is 1. The van der Waals surface area contributed by atoms with Crippen LogP contribution in [0, 0.1) is 0 Å². The van der Waals surface area contributed by atoms with Crippen LogP contribution in [0.4, 0.5) is 0 Å². The number of hydrogen-bond acceptors (Lipinski definition) is 5. The summed E-state index contributed by atoms with van der Waals surface area (Å²) in [6, 6.07) is 1.49. The standard InChI is InChI=1S/C12H18Cl2N2O3S2/c13-10-7-11(20-12(10)14)21(18,19)15-4-6-16-5-2-1-3-9(16)8-17/h7,9,15,17H,1-6,8H2/t9-/m1/s1. The van der Waals surface area contributed by atoms with Gasteiger partial charge < -0.3 is 5.11 Å². The predicted molar refractivity (Wildman–Crippen MR) is 85.8 cm³/mol. The summed E-state index contributed by atoms with van der Waals surface area (Å²) in [5, 5.41) is 9.57. The second-order valence-electron chi connectivity index (χ2n) is 4.95. The molecule has 0 radical (unpaired) electrons. The highest BCUT2D eigenvalue weighted by atomic mass is 35.5. The molecule has 0 spiro atoms. The number of nitrogens with one attached hydrogen (secondary N) is 1. The first-order valence-corrected chi connectivity index (χ1v) is 9.79. The van der Waals surface area contributed by atoms with Crippen LogP contribution in [0.3, 0.4) is 0 Å². The zero-order valence-corrected chi connectivity index (χ0v) is 14.5.